The predicted molar refractivity (Wildman–Crippen MR) is 74.9 cm³/mol. The molecule has 0 saturated heterocycles. The van der Waals surface area contributed by atoms with Gasteiger partial charge in [-0.25, -0.2) is 0 Å². The average Bonchev–Trinajstić information content (AvgIpc) is 2.09. The largest absolute Gasteiger partial charge is 0.355 e. The molecule has 0 aliphatic heterocycles. The Labute approximate surface area is 108 Å². The van der Waals surface area contributed by atoms with Crippen molar-refractivity contribution >= 4 is 5.91 Å². The van der Waals surface area contributed by atoms with Crippen LogP contribution in [0.15, 0.2) is 0 Å². The van der Waals surface area contributed by atoms with E-state index in [1.54, 1.807) is 0 Å². The van der Waals surface area contributed by atoms with Crippen molar-refractivity contribution in [3.05, 3.63) is 0 Å². The first-order valence-corrected chi connectivity index (χ1v) is 6.62. The van der Waals surface area contributed by atoms with Gasteiger partial charge in [-0.15, -0.1) is 0 Å². The predicted octanol–water partition coefficient (Wildman–Crippen LogP) is 4.00. The standard InChI is InChI=1S/C15H31NO/c1-13(2,3)9-10-15(7,8)12(17)16-11-14(4,5)6/h9-11H2,1-8H3,(H,16,17). The van der Waals surface area contributed by atoms with Crippen molar-refractivity contribution in [1.29, 1.82) is 0 Å². The maximum absolute atomic E-state index is 12.1. The molecule has 17 heavy (non-hydrogen) atoms. The Bertz CT molecular complexity index is 253. The fraction of sp³-hybridized carbons (Fsp3) is 0.933. The van der Waals surface area contributed by atoms with Gasteiger partial charge in [-0.05, 0) is 23.7 Å². The Balaban J connectivity index is 4.26. The highest BCUT2D eigenvalue weighted by Crippen LogP contribution is 2.30. The van der Waals surface area contributed by atoms with Crippen molar-refractivity contribution in [3.63, 3.8) is 0 Å². The fourth-order valence-corrected chi connectivity index (χ4v) is 1.39. The number of amides is 1. The minimum atomic E-state index is -0.265. The molecule has 0 aromatic rings. The second kappa shape index (κ2) is 5.41. The van der Waals surface area contributed by atoms with Gasteiger partial charge in [0, 0.05) is 12.0 Å². The van der Waals surface area contributed by atoms with Crippen LogP contribution in [0, 0.1) is 16.2 Å². The van der Waals surface area contributed by atoms with E-state index in [1.807, 2.05) is 13.8 Å². The first-order chi connectivity index (χ1) is 7.33. The number of hydrogen-bond donors (Lipinski definition) is 1. The Morgan fingerprint density at radius 2 is 1.29 bits per heavy atom. The molecule has 0 rings (SSSR count). The third-order valence-electron chi connectivity index (χ3n) is 2.89. The van der Waals surface area contributed by atoms with Crippen LogP contribution in [0.4, 0.5) is 0 Å². The molecule has 2 heteroatoms. The van der Waals surface area contributed by atoms with Crippen molar-refractivity contribution in [2.45, 2.75) is 68.2 Å². The smallest absolute Gasteiger partial charge is 0.225 e. The molecule has 0 unspecified atom stereocenters. The van der Waals surface area contributed by atoms with Gasteiger partial charge in [0.1, 0.15) is 0 Å². The Morgan fingerprint density at radius 1 is 0.824 bits per heavy atom. The van der Waals surface area contributed by atoms with Gasteiger partial charge in [-0.2, -0.15) is 0 Å². The second-order valence-corrected chi connectivity index (χ2v) is 8.19. The van der Waals surface area contributed by atoms with Gasteiger partial charge in [0.15, 0.2) is 0 Å². The lowest BCUT2D eigenvalue weighted by atomic mass is 9.79. The number of rotatable bonds is 4. The molecule has 0 aromatic heterocycles. The molecule has 0 heterocycles. The van der Waals surface area contributed by atoms with Crippen LogP contribution >= 0.6 is 0 Å². The van der Waals surface area contributed by atoms with E-state index in [0.717, 1.165) is 19.4 Å². The summed E-state index contributed by atoms with van der Waals surface area (Å²) in [6.45, 7) is 17.9. The monoisotopic (exact) mass is 241 g/mol. The van der Waals surface area contributed by atoms with Crippen molar-refractivity contribution in [2.75, 3.05) is 6.54 Å². The Morgan fingerprint density at radius 3 is 1.65 bits per heavy atom. The quantitative estimate of drug-likeness (QED) is 0.792. The summed E-state index contributed by atoms with van der Waals surface area (Å²) in [6, 6.07) is 0. The topological polar surface area (TPSA) is 29.1 Å². The molecule has 0 radical (unpaired) electrons. The summed E-state index contributed by atoms with van der Waals surface area (Å²) >= 11 is 0. The van der Waals surface area contributed by atoms with Crippen LogP contribution in [0.2, 0.25) is 0 Å². The summed E-state index contributed by atoms with van der Waals surface area (Å²) < 4.78 is 0. The SMILES string of the molecule is CC(C)(C)CCC(C)(C)C(=O)NCC(C)(C)C. The van der Waals surface area contributed by atoms with Gasteiger partial charge in [-0.1, -0.05) is 55.4 Å². The van der Waals surface area contributed by atoms with Crippen molar-refractivity contribution in [1.82, 2.24) is 5.32 Å². The molecule has 0 aliphatic carbocycles. The molecule has 0 bridgehead atoms. The van der Waals surface area contributed by atoms with Crippen LogP contribution in [-0.4, -0.2) is 12.5 Å². The minimum absolute atomic E-state index is 0.149. The van der Waals surface area contributed by atoms with Crippen molar-refractivity contribution < 1.29 is 4.79 Å². The van der Waals surface area contributed by atoms with Crippen molar-refractivity contribution in [3.8, 4) is 0 Å². The van der Waals surface area contributed by atoms with Gasteiger partial charge in [-0.3, -0.25) is 4.79 Å². The van der Waals surface area contributed by atoms with Gasteiger partial charge in [0.2, 0.25) is 5.91 Å². The zero-order chi connectivity index (χ0) is 13.9. The highest BCUT2D eigenvalue weighted by Gasteiger charge is 2.29. The van der Waals surface area contributed by atoms with Crippen LogP contribution in [0.25, 0.3) is 0 Å². The summed E-state index contributed by atoms with van der Waals surface area (Å²) in [5.41, 5.74) is 0.176. The van der Waals surface area contributed by atoms with Crippen LogP contribution in [0.3, 0.4) is 0 Å². The van der Waals surface area contributed by atoms with Gasteiger partial charge >= 0.3 is 0 Å². The molecule has 0 spiro atoms. The third-order valence-corrected chi connectivity index (χ3v) is 2.89. The molecule has 0 atom stereocenters. The maximum Gasteiger partial charge on any atom is 0.225 e. The molecule has 0 aliphatic rings. The van der Waals surface area contributed by atoms with E-state index in [-0.39, 0.29) is 16.7 Å². The normalized spacial score (nSPS) is 13.6. The van der Waals surface area contributed by atoms with Crippen LogP contribution in [0.1, 0.15) is 68.2 Å². The average molecular weight is 241 g/mol. The molecule has 0 saturated carbocycles. The second-order valence-electron chi connectivity index (χ2n) is 8.19. The third kappa shape index (κ3) is 8.23. The first kappa shape index (κ1) is 16.5. The van der Waals surface area contributed by atoms with Crippen molar-refractivity contribution in [2.24, 2.45) is 16.2 Å². The maximum atomic E-state index is 12.1. The van der Waals surface area contributed by atoms with Crippen LogP contribution in [0.5, 0.6) is 0 Å². The summed E-state index contributed by atoms with van der Waals surface area (Å²) in [5, 5.41) is 3.06. The fourth-order valence-electron chi connectivity index (χ4n) is 1.39. The number of nitrogens with one attached hydrogen (secondary N) is 1. The zero-order valence-electron chi connectivity index (χ0n) is 13.0. The van der Waals surface area contributed by atoms with E-state index in [9.17, 15) is 4.79 Å². The molecule has 102 valence electrons. The molecule has 2 nitrogen and oxygen atoms in total. The number of hydrogen-bond acceptors (Lipinski definition) is 1. The number of carbonyl (C=O) groups is 1. The lowest BCUT2D eigenvalue weighted by molar-refractivity contribution is -0.130. The van der Waals surface area contributed by atoms with Gasteiger partial charge in [0.05, 0.1) is 0 Å². The molecular weight excluding hydrogens is 210 g/mol. The highest BCUT2D eigenvalue weighted by atomic mass is 16.2. The Kier molecular flexibility index (Phi) is 5.24. The van der Waals surface area contributed by atoms with E-state index in [2.05, 4.69) is 46.9 Å². The molecule has 0 fully saturated rings. The van der Waals surface area contributed by atoms with E-state index >= 15 is 0 Å². The van der Waals surface area contributed by atoms with E-state index in [4.69, 9.17) is 0 Å². The highest BCUT2D eigenvalue weighted by molar-refractivity contribution is 5.81. The lowest BCUT2D eigenvalue weighted by Crippen LogP contribution is -2.41. The van der Waals surface area contributed by atoms with E-state index < -0.39 is 0 Å². The molecule has 0 aromatic carbocycles. The molecule has 1 amide bonds. The summed E-state index contributed by atoms with van der Waals surface area (Å²) in [7, 11) is 0. The molecule has 1 N–H and O–H groups in total. The molecular formula is C15H31NO. The van der Waals surface area contributed by atoms with Gasteiger partial charge < -0.3 is 5.32 Å². The summed E-state index contributed by atoms with van der Waals surface area (Å²) in [6.07, 6.45) is 2.01. The van der Waals surface area contributed by atoms with E-state index in [0.29, 0.717) is 5.41 Å². The summed E-state index contributed by atoms with van der Waals surface area (Å²) in [4.78, 5) is 12.1. The lowest BCUT2D eigenvalue weighted by Gasteiger charge is -2.29. The van der Waals surface area contributed by atoms with E-state index in [1.165, 1.54) is 0 Å². The van der Waals surface area contributed by atoms with Crippen LogP contribution < -0.4 is 5.32 Å². The number of carbonyl (C=O) groups excluding carboxylic acids is 1. The van der Waals surface area contributed by atoms with Crippen LogP contribution in [-0.2, 0) is 4.79 Å². The minimum Gasteiger partial charge on any atom is -0.355 e. The zero-order valence-corrected chi connectivity index (χ0v) is 13.0. The first-order valence-electron chi connectivity index (χ1n) is 6.62. The Hall–Kier alpha value is -0.530. The van der Waals surface area contributed by atoms with Gasteiger partial charge in [0.25, 0.3) is 0 Å². The summed E-state index contributed by atoms with van der Waals surface area (Å²) in [5.74, 6) is 0.177.